The standard InChI is InChI=1S/C16H21N3O2/c1-11-7-8-19(10-15(11)20)12(2)16(21)18-14-6-4-3-5-13(14)9-17/h3-6,11-12,15,20H,7-8,10H2,1-2H3,(H,18,21). The van der Waals surface area contributed by atoms with Crippen molar-refractivity contribution in [3.05, 3.63) is 29.8 Å². The Morgan fingerprint density at radius 3 is 2.90 bits per heavy atom. The molecular weight excluding hydrogens is 266 g/mol. The third kappa shape index (κ3) is 3.60. The van der Waals surface area contributed by atoms with Crippen LogP contribution in [0.15, 0.2) is 24.3 Å². The summed E-state index contributed by atoms with van der Waals surface area (Å²) in [6.07, 6.45) is 0.494. The van der Waals surface area contributed by atoms with Crippen molar-refractivity contribution in [3.8, 4) is 6.07 Å². The molecule has 3 atom stereocenters. The van der Waals surface area contributed by atoms with Crippen LogP contribution in [0.3, 0.4) is 0 Å². The lowest BCUT2D eigenvalue weighted by atomic mass is 9.95. The lowest BCUT2D eigenvalue weighted by molar-refractivity contribution is -0.122. The average Bonchev–Trinajstić information content (AvgIpc) is 2.49. The van der Waals surface area contributed by atoms with Gasteiger partial charge in [-0.1, -0.05) is 19.1 Å². The first kappa shape index (κ1) is 15.5. The van der Waals surface area contributed by atoms with Crippen molar-refractivity contribution in [1.29, 1.82) is 5.26 Å². The fourth-order valence-corrected chi connectivity index (χ4v) is 2.52. The van der Waals surface area contributed by atoms with Gasteiger partial charge in [0, 0.05) is 6.54 Å². The molecule has 2 N–H and O–H groups in total. The van der Waals surface area contributed by atoms with Crippen molar-refractivity contribution in [2.45, 2.75) is 32.4 Å². The molecule has 1 aromatic carbocycles. The number of para-hydroxylation sites is 1. The van der Waals surface area contributed by atoms with Crippen LogP contribution in [0.1, 0.15) is 25.8 Å². The van der Waals surface area contributed by atoms with E-state index in [9.17, 15) is 9.90 Å². The lowest BCUT2D eigenvalue weighted by Crippen LogP contribution is -2.50. The number of aliphatic hydroxyl groups is 1. The van der Waals surface area contributed by atoms with Crippen LogP contribution < -0.4 is 5.32 Å². The number of nitriles is 1. The minimum absolute atomic E-state index is 0.153. The molecule has 2 rings (SSSR count). The van der Waals surface area contributed by atoms with Gasteiger partial charge in [-0.3, -0.25) is 9.69 Å². The van der Waals surface area contributed by atoms with Crippen molar-refractivity contribution >= 4 is 11.6 Å². The van der Waals surface area contributed by atoms with Crippen LogP contribution in [0.4, 0.5) is 5.69 Å². The average molecular weight is 287 g/mol. The number of benzene rings is 1. The van der Waals surface area contributed by atoms with Gasteiger partial charge in [0.15, 0.2) is 0 Å². The smallest absolute Gasteiger partial charge is 0.241 e. The first-order chi connectivity index (χ1) is 10.0. The van der Waals surface area contributed by atoms with Crippen molar-refractivity contribution in [1.82, 2.24) is 4.90 Å². The maximum Gasteiger partial charge on any atom is 0.241 e. The van der Waals surface area contributed by atoms with Gasteiger partial charge in [0.05, 0.1) is 23.4 Å². The Kier molecular flexibility index (Phi) is 4.94. The van der Waals surface area contributed by atoms with E-state index in [0.717, 1.165) is 13.0 Å². The summed E-state index contributed by atoms with van der Waals surface area (Å²) in [6, 6.07) is 8.67. The van der Waals surface area contributed by atoms with Gasteiger partial charge < -0.3 is 10.4 Å². The molecule has 0 aliphatic carbocycles. The number of nitrogens with one attached hydrogen (secondary N) is 1. The number of aliphatic hydroxyl groups excluding tert-OH is 1. The van der Waals surface area contributed by atoms with E-state index in [4.69, 9.17) is 5.26 Å². The van der Waals surface area contributed by atoms with Gasteiger partial charge in [-0.05, 0) is 37.9 Å². The number of rotatable bonds is 3. The second kappa shape index (κ2) is 6.70. The normalized spacial score (nSPS) is 24.1. The Balaban J connectivity index is 2.02. The molecule has 1 aromatic rings. The monoisotopic (exact) mass is 287 g/mol. The van der Waals surface area contributed by atoms with E-state index in [1.165, 1.54) is 0 Å². The molecule has 3 unspecified atom stereocenters. The van der Waals surface area contributed by atoms with Crippen LogP contribution in [0.25, 0.3) is 0 Å². The topological polar surface area (TPSA) is 76.4 Å². The molecule has 1 amide bonds. The molecule has 1 heterocycles. The quantitative estimate of drug-likeness (QED) is 0.885. The molecule has 0 radical (unpaired) electrons. The van der Waals surface area contributed by atoms with Gasteiger partial charge in [0.25, 0.3) is 0 Å². The molecule has 1 fully saturated rings. The second-order valence-corrected chi connectivity index (χ2v) is 5.65. The van der Waals surface area contributed by atoms with Crippen LogP contribution in [0.5, 0.6) is 0 Å². The van der Waals surface area contributed by atoms with E-state index in [0.29, 0.717) is 17.8 Å². The van der Waals surface area contributed by atoms with Crippen molar-refractivity contribution in [3.63, 3.8) is 0 Å². The summed E-state index contributed by atoms with van der Waals surface area (Å²) in [4.78, 5) is 14.3. The Hall–Kier alpha value is -1.90. The third-order valence-corrected chi connectivity index (χ3v) is 4.18. The third-order valence-electron chi connectivity index (χ3n) is 4.18. The highest BCUT2D eigenvalue weighted by Gasteiger charge is 2.30. The van der Waals surface area contributed by atoms with E-state index < -0.39 is 0 Å². The summed E-state index contributed by atoms with van der Waals surface area (Å²) in [5, 5.41) is 21.8. The summed E-state index contributed by atoms with van der Waals surface area (Å²) >= 11 is 0. The number of anilines is 1. The van der Waals surface area contributed by atoms with Crippen molar-refractivity contribution in [2.75, 3.05) is 18.4 Å². The molecule has 5 heteroatoms. The highest BCUT2D eigenvalue weighted by Crippen LogP contribution is 2.20. The zero-order valence-corrected chi connectivity index (χ0v) is 12.4. The SMILES string of the molecule is CC1CCN(C(C)C(=O)Nc2ccccc2C#N)CC1O. The Labute approximate surface area is 125 Å². The Morgan fingerprint density at radius 2 is 2.24 bits per heavy atom. The number of amides is 1. The van der Waals surface area contributed by atoms with E-state index in [1.54, 1.807) is 24.3 Å². The van der Waals surface area contributed by atoms with Crippen molar-refractivity contribution in [2.24, 2.45) is 5.92 Å². The van der Waals surface area contributed by atoms with Crippen LogP contribution >= 0.6 is 0 Å². The molecule has 0 saturated carbocycles. The minimum Gasteiger partial charge on any atom is -0.392 e. The summed E-state index contributed by atoms with van der Waals surface area (Å²) in [5.74, 6) is 0.121. The molecule has 0 spiro atoms. The highest BCUT2D eigenvalue weighted by atomic mass is 16.3. The van der Waals surface area contributed by atoms with Crippen LogP contribution in [-0.2, 0) is 4.79 Å². The molecule has 1 aliphatic rings. The number of hydrogen-bond donors (Lipinski definition) is 2. The molecule has 5 nitrogen and oxygen atoms in total. The fraction of sp³-hybridized carbons (Fsp3) is 0.500. The fourth-order valence-electron chi connectivity index (χ4n) is 2.52. The van der Waals surface area contributed by atoms with Crippen LogP contribution in [0.2, 0.25) is 0 Å². The zero-order chi connectivity index (χ0) is 15.4. The maximum absolute atomic E-state index is 12.3. The molecule has 1 aliphatic heterocycles. The first-order valence-corrected chi connectivity index (χ1v) is 7.25. The van der Waals surface area contributed by atoms with Gasteiger partial charge in [-0.15, -0.1) is 0 Å². The Bertz CT molecular complexity index is 553. The second-order valence-electron chi connectivity index (χ2n) is 5.65. The van der Waals surface area contributed by atoms with Crippen LogP contribution in [-0.4, -0.2) is 41.1 Å². The minimum atomic E-state index is -0.389. The largest absolute Gasteiger partial charge is 0.392 e. The molecule has 21 heavy (non-hydrogen) atoms. The van der Waals surface area contributed by atoms with Crippen LogP contribution in [0, 0.1) is 17.2 Å². The summed E-state index contributed by atoms with van der Waals surface area (Å²) in [6.45, 7) is 5.16. The molecule has 0 bridgehead atoms. The number of β-amino-alcohol motifs (C(OH)–C–C–N with tert-alkyl or cyclic N) is 1. The highest BCUT2D eigenvalue weighted by molar-refractivity contribution is 5.95. The van der Waals surface area contributed by atoms with Gasteiger partial charge in [0.2, 0.25) is 5.91 Å². The summed E-state index contributed by atoms with van der Waals surface area (Å²) in [7, 11) is 0. The van der Waals surface area contributed by atoms with E-state index >= 15 is 0 Å². The van der Waals surface area contributed by atoms with E-state index in [1.807, 2.05) is 18.7 Å². The van der Waals surface area contributed by atoms with Gasteiger partial charge >= 0.3 is 0 Å². The van der Waals surface area contributed by atoms with Gasteiger partial charge in [0.1, 0.15) is 6.07 Å². The molecular formula is C16H21N3O2. The van der Waals surface area contributed by atoms with E-state index in [-0.39, 0.29) is 24.0 Å². The summed E-state index contributed by atoms with van der Waals surface area (Å²) < 4.78 is 0. The first-order valence-electron chi connectivity index (χ1n) is 7.25. The number of hydrogen-bond acceptors (Lipinski definition) is 4. The van der Waals surface area contributed by atoms with Gasteiger partial charge in [-0.2, -0.15) is 5.26 Å². The lowest BCUT2D eigenvalue weighted by Gasteiger charge is -2.37. The van der Waals surface area contributed by atoms with Crippen molar-refractivity contribution < 1.29 is 9.90 Å². The zero-order valence-electron chi connectivity index (χ0n) is 12.4. The molecule has 1 saturated heterocycles. The molecule has 0 aromatic heterocycles. The molecule has 112 valence electrons. The predicted octanol–water partition coefficient (Wildman–Crippen LogP) is 1.59. The number of carbonyl (C=O) groups excluding carboxylic acids is 1. The number of carbonyl (C=O) groups is 1. The van der Waals surface area contributed by atoms with Gasteiger partial charge in [-0.25, -0.2) is 0 Å². The Morgan fingerprint density at radius 1 is 1.52 bits per heavy atom. The number of piperidine rings is 1. The maximum atomic E-state index is 12.3. The summed E-state index contributed by atoms with van der Waals surface area (Å²) in [5.41, 5.74) is 0.980. The number of nitrogens with zero attached hydrogens (tertiary/aromatic N) is 2. The van der Waals surface area contributed by atoms with E-state index in [2.05, 4.69) is 11.4 Å². The predicted molar refractivity (Wildman–Crippen MR) is 80.6 cm³/mol. The number of likely N-dealkylation sites (tertiary alicyclic amines) is 1.